The molecule has 3 rings (SSSR count). The molecule has 2 aromatic heterocycles. The molecule has 0 aliphatic heterocycles. The van der Waals surface area contributed by atoms with Gasteiger partial charge in [-0.1, -0.05) is 17.3 Å². The zero-order chi connectivity index (χ0) is 16.8. The summed E-state index contributed by atoms with van der Waals surface area (Å²) in [5, 5.41) is 8.82. The van der Waals surface area contributed by atoms with Gasteiger partial charge in [0.05, 0.1) is 0 Å². The van der Waals surface area contributed by atoms with Crippen LogP contribution in [0.5, 0.6) is 0 Å². The molecule has 0 aliphatic rings. The van der Waals surface area contributed by atoms with E-state index in [2.05, 4.69) is 10.1 Å². The van der Waals surface area contributed by atoms with Crippen molar-refractivity contribution in [3.05, 3.63) is 41.4 Å². The lowest BCUT2D eigenvalue weighted by Crippen LogP contribution is -2.12. The van der Waals surface area contributed by atoms with Gasteiger partial charge in [0.15, 0.2) is 5.76 Å². The molecule has 0 amide bonds. The normalized spacial score (nSPS) is 11.8. The minimum atomic E-state index is -3.91. The molecule has 3 aromatic rings. The third-order valence-corrected chi connectivity index (χ3v) is 4.26. The molecule has 7 nitrogen and oxygen atoms in total. The summed E-state index contributed by atoms with van der Waals surface area (Å²) < 4.78 is 46.7. The number of aromatic nitrogens is 2. The van der Waals surface area contributed by atoms with Gasteiger partial charge in [-0.2, -0.15) is 4.98 Å². The summed E-state index contributed by atoms with van der Waals surface area (Å²) in [4.78, 5) is 3.93. The number of furan rings is 1. The van der Waals surface area contributed by atoms with Gasteiger partial charge in [-0.25, -0.2) is 17.9 Å². The standard InChI is InChI=1S/C14H12FN3O4S/c1-7-3-4-9(5-10(7)15)13-17-14(22-18-13)11-6-12(8(2)21-11)23(16,19)20/h3-6H,1-2H3,(H2,16,19,20). The third kappa shape index (κ3) is 2.88. The third-order valence-electron chi connectivity index (χ3n) is 3.25. The highest BCUT2D eigenvalue weighted by Gasteiger charge is 2.21. The molecule has 2 heterocycles. The molecule has 0 spiro atoms. The Morgan fingerprint density at radius 2 is 1.96 bits per heavy atom. The molecule has 0 unspecified atom stereocenters. The highest BCUT2D eigenvalue weighted by atomic mass is 32.2. The molecule has 0 fully saturated rings. The van der Waals surface area contributed by atoms with Gasteiger partial charge >= 0.3 is 0 Å². The Kier molecular flexibility index (Phi) is 3.53. The van der Waals surface area contributed by atoms with Crippen LogP contribution in [0.15, 0.2) is 38.1 Å². The largest absolute Gasteiger partial charge is 0.455 e. The summed E-state index contributed by atoms with van der Waals surface area (Å²) >= 11 is 0. The van der Waals surface area contributed by atoms with Crippen molar-refractivity contribution in [2.24, 2.45) is 5.14 Å². The molecular weight excluding hydrogens is 325 g/mol. The first-order valence-electron chi connectivity index (χ1n) is 6.49. The van der Waals surface area contributed by atoms with Crippen molar-refractivity contribution >= 4 is 10.0 Å². The van der Waals surface area contributed by atoms with E-state index in [-0.39, 0.29) is 33.9 Å². The van der Waals surface area contributed by atoms with Crippen LogP contribution in [0.1, 0.15) is 11.3 Å². The first kappa shape index (κ1) is 15.4. The van der Waals surface area contributed by atoms with Crippen molar-refractivity contribution in [2.75, 3.05) is 0 Å². The summed E-state index contributed by atoms with van der Waals surface area (Å²) in [7, 11) is -3.91. The van der Waals surface area contributed by atoms with E-state index in [9.17, 15) is 12.8 Å². The van der Waals surface area contributed by atoms with E-state index in [4.69, 9.17) is 14.1 Å². The zero-order valence-corrected chi connectivity index (χ0v) is 13.0. The Labute approximate surface area is 131 Å². The summed E-state index contributed by atoms with van der Waals surface area (Å²) in [5.41, 5.74) is 0.926. The van der Waals surface area contributed by atoms with E-state index in [0.717, 1.165) is 0 Å². The molecule has 9 heteroatoms. The van der Waals surface area contributed by atoms with Gasteiger partial charge in [0.25, 0.3) is 5.89 Å². The molecule has 0 atom stereocenters. The number of rotatable bonds is 3. The lowest BCUT2D eigenvalue weighted by molar-refractivity contribution is 0.413. The summed E-state index contributed by atoms with van der Waals surface area (Å²) in [6.07, 6.45) is 0. The second-order valence-electron chi connectivity index (χ2n) is 4.96. The predicted octanol–water partition coefficient (Wildman–Crippen LogP) is 2.40. The van der Waals surface area contributed by atoms with Crippen molar-refractivity contribution < 1.29 is 21.7 Å². The number of primary sulfonamides is 1. The number of nitrogens with zero attached hydrogens (tertiary/aromatic N) is 2. The highest BCUT2D eigenvalue weighted by molar-refractivity contribution is 7.89. The molecule has 23 heavy (non-hydrogen) atoms. The van der Waals surface area contributed by atoms with Crippen molar-refractivity contribution in [3.63, 3.8) is 0 Å². The Bertz CT molecular complexity index is 991. The van der Waals surface area contributed by atoms with Gasteiger partial charge in [-0.15, -0.1) is 0 Å². The molecule has 1 aromatic carbocycles. The van der Waals surface area contributed by atoms with Crippen LogP contribution in [0.4, 0.5) is 4.39 Å². The molecule has 0 bridgehead atoms. The van der Waals surface area contributed by atoms with Crippen LogP contribution in [0, 0.1) is 19.7 Å². The molecule has 0 radical (unpaired) electrons. The Hall–Kier alpha value is -2.52. The molecule has 0 aliphatic carbocycles. The van der Waals surface area contributed by atoms with Crippen LogP contribution < -0.4 is 5.14 Å². The fourth-order valence-electron chi connectivity index (χ4n) is 2.03. The van der Waals surface area contributed by atoms with Gasteiger partial charge in [0.1, 0.15) is 16.5 Å². The lowest BCUT2D eigenvalue weighted by Gasteiger charge is -1.97. The highest BCUT2D eigenvalue weighted by Crippen LogP contribution is 2.28. The molecule has 2 N–H and O–H groups in total. The van der Waals surface area contributed by atoms with Gasteiger partial charge in [0.2, 0.25) is 15.8 Å². The van der Waals surface area contributed by atoms with Gasteiger partial charge < -0.3 is 8.94 Å². The van der Waals surface area contributed by atoms with E-state index < -0.39 is 10.0 Å². The Balaban J connectivity index is 2.01. The maximum absolute atomic E-state index is 13.6. The van der Waals surface area contributed by atoms with Crippen LogP contribution in [-0.4, -0.2) is 18.6 Å². The lowest BCUT2D eigenvalue weighted by atomic mass is 10.1. The number of aryl methyl sites for hydroxylation is 2. The van der Waals surface area contributed by atoms with Crippen LogP contribution in [-0.2, 0) is 10.0 Å². The molecule has 0 saturated heterocycles. The van der Waals surface area contributed by atoms with Crippen LogP contribution in [0.2, 0.25) is 0 Å². The van der Waals surface area contributed by atoms with Crippen molar-refractivity contribution in [1.29, 1.82) is 0 Å². The van der Waals surface area contributed by atoms with Gasteiger partial charge in [-0.3, -0.25) is 0 Å². The number of benzene rings is 1. The first-order chi connectivity index (χ1) is 10.8. The Morgan fingerprint density at radius 1 is 1.22 bits per heavy atom. The van der Waals surface area contributed by atoms with E-state index >= 15 is 0 Å². The van der Waals surface area contributed by atoms with Crippen molar-refractivity contribution in [3.8, 4) is 23.0 Å². The Morgan fingerprint density at radius 3 is 2.57 bits per heavy atom. The van der Waals surface area contributed by atoms with Crippen molar-refractivity contribution in [2.45, 2.75) is 18.7 Å². The van der Waals surface area contributed by atoms with E-state index in [1.807, 2.05) is 0 Å². The molecular formula is C14H12FN3O4S. The topological polar surface area (TPSA) is 112 Å². The number of hydrogen-bond acceptors (Lipinski definition) is 6. The maximum atomic E-state index is 13.6. The molecule has 120 valence electrons. The number of sulfonamides is 1. The minimum absolute atomic E-state index is 0.0287. The maximum Gasteiger partial charge on any atom is 0.293 e. The van der Waals surface area contributed by atoms with E-state index in [1.54, 1.807) is 19.1 Å². The molecule has 0 saturated carbocycles. The van der Waals surface area contributed by atoms with Crippen LogP contribution in [0.25, 0.3) is 23.0 Å². The van der Waals surface area contributed by atoms with Gasteiger partial charge in [-0.05, 0) is 25.5 Å². The fraction of sp³-hybridized carbons (Fsp3) is 0.143. The van der Waals surface area contributed by atoms with Crippen LogP contribution >= 0.6 is 0 Å². The van der Waals surface area contributed by atoms with Gasteiger partial charge in [0, 0.05) is 11.6 Å². The monoisotopic (exact) mass is 337 g/mol. The fourth-order valence-corrected chi connectivity index (χ4v) is 2.74. The van der Waals surface area contributed by atoms with E-state index in [1.165, 1.54) is 19.1 Å². The van der Waals surface area contributed by atoms with Crippen LogP contribution in [0.3, 0.4) is 0 Å². The summed E-state index contributed by atoms with van der Waals surface area (Å²) in [5.74, 6) is -0.0789. The number of hydrogen-bond donors (Lipinski definition) is 1. The van der Waals surface area contributed by atoms with Crippen molar-refractivity contribution in [1.82, 2.24) is 10.1 Å². The predicted molar refractivity (Wildman–Crippen MR) is 78.2 cm³/mol. The summed E-state index contributed by atoms with van der Waals surface area (Å²) in [6, 6.07) is 5.73. The smallest absolute Gasteiger partial charge is 0.293 e. The zero-order valence-electron chi connectivity index (χ0n) is 12.2. The summed E-state index contributed by atoms with van der Waals surface area (Å²) in [6.45, 7) is 3.09. The minimum Gasteiger partial charge on any atom is -0.455 e. The second-order valence-corrected chi connectivity index (χ2v) is 6.49. The number of halogens is 1. The quantitative estimate of drug-likeness (QED) is 0.785. The second kappa shape index (κ2) is 5.28. The number of nitrogens with two attached hydrogens (primary N) is 1. The average molecular weight is 337 g/mol. The van der Waals surface area contributed by atoms with E-state index in [0.29, 0.717) is 11.1 Å². The average Bonchev–Trinajstić information content (AvgIpc) is 3.07. The first-order valence-corrected chi connectivity index (χ1v) is 8.04. The SMILES string of the molecule is Cc1ccc(-c2noc(-c3cc(S(N)(=O)=O)c(C)o3)n2)cc1F.